The number of aromatic nitrogens is 2. The Kier molecular flexibility index (Phi) is 5.34. The molecule has 6 nitrogen and oxygen atoms in total. The highest BCUT2D eigenvalue weighted by Gasteiger charge is 2.37. The second-order valence-corrected chi connectivity index (χ2v) is 5.97. The van der Waals surface area contributed by atoms with Crippen molar-refractivity contribution >= 4 is 16.9 Å². The summed E-state index contributed by atoms with van der Waals surface area (Å²) in [5.41, 5.74) is -2.03. The third-order valence-electron chi connectivity index (χ3n) is 4.05. The Morgan fingerprint density at radius 1 is 1.18 bits per heavy atom. The molecule has 1 amide bonds. The molecular formula is C19H16F3N3O3. The maximum atomic E-state index is 13.1. The molecule has 1 heterocycles. The number of nitrogens with one attached hydrogen (secondary N) is 1. The highest BCUT2D eigenvalue weighted by atomic mass is 19.4. The molecule has 0 bridgehead atoms. The number of carbonyl (C=O) groups excluding carboxylic acids is 1. The molecule has 0 unspecified atom stereocenters. The number of para-hydroxylation sites is 2. The van der Waals surface area contributed by atoms with Gasteiger partial charge in [-0.3, -0.25) is 14.2 Å². The van der Waals surface area contributed by atoms with Crippen molar-refractivity contribution in [2.75, 3.05) is 7.11 Å². The molecule has 2 aromatic carbocycles. The van der Waals surface area contributed by atoms with Crippen LogP contribution in [-0.4, -0.2) is 22.6 Å². The third kappa shape index (κ3) is 4.13. The molecule has 9 heteroatoms. The molecule has 0 aliphatic carbocycles. The van der Waals surface area contributed by atoms with Crippen LogP contribution in [0.2, 0.25) is 0 Å². The second-order valence-electron chi connectivity index (χ2n) is 5.97. The standard InChI is InChI=1S/C19H16F3N3O3/c1-28-13-6-4-5-12(9-13)10-23-16(26)11-25-15-8-3-2-7-14(15)24-17(18(25)27)19(20,21)22/h2-9H,10-11H2,1H3,(H,23,26). The van der Waals surface area contributed by atoms with E-state index in [1.807, 2.05) is 0 Å². The van der Waals surface area contributed by atoms with Gasteiger partial charge in [0.05, 0.1) is 18.1 Å². The van der Waals surface area contributed by atoms with Crippen molar-refractivity contribution in [3.8, 4) is 5.75 Å². The van der Waals surface area contributed by atoms with Crippen LogP contribution in [0, 0.1) is 0 Å². The zero-order chi connectivity index (χ0) is 20.3. The van der Waals surface area contributed by atoms with Crippen molar-refractivity contribution in [3.63, 3.8) is 0 Å². The minimum Gasteiger partial charge on any atom is -0.497 e. The molecule has 0 fully saturated rings. The van der Waals surface area contributed by atoms with Crippen LogP contribution in [0.1, 0.15) is 11.3 Å². The maximum absolute atomic E-state index is 13.1. The molecule has 0 aliphatic heterocycles. The van der Waals surface area contributed by atoms with Crippen LogP contribution in [-0.2, 0) is 24.1 Å². The summed E-state index contributed by atoms with van der Waals surface area (Å²) in [6.07, 6.45) is -4.92. The Morgan fingerprint density at radius 2 is 1.93 bits per heavy atom. The van der Waals surface area contributed by atoms with Gasteiger partial charge in [-0.05, 0) is 29.8 Å². The summed E-state index contributed by atoms with van der Waals surface area (Å²) in [4.78, 5) is 28.0. The molecule has 0 atom stereocenters. The van der Waals surface area contributed by atoms with Gasteiger partial charge in [-0.2, -0.15) is 13.2 Å². The number of nitrogens with zero attached hydrogens (tertiary/aromatic N) is 2. The van der Waals surface area contributed by atoms with Crippen molar-refractivity contribution in [2.45, 2.75) is 19.3 Å². The summed E-state index contributed by atoms with van der Waals surface area (Å²) in [7, 11) is 1.51. The number of fused-ring (bicyclic) bond motifs is 1. The van der Waals surface area contributed by atoms with E-state index in [0.717, 1.165) is 10.1 Å². The lowest BCUT2D eigenvalue weighted by atomic mass is 10.2. The van der Waals surface area contributed by atoms with Gasteiger partial charge >= 0.3 is 6.18 Å². The van der Waals surface area contributed by atoms with Crippen LogP contribution in [0.4, 0.5) is 13.2 Å². The molecule has 0 spiro atoms. The number of methoxy groups -OCH3 is 1. The molecule has 146 valence electrons. The average Bonchev–Trinajstić information content (AvgIpc) is 2.67. The van der Waals surface area contributed by atoms with E-state index in [-0.39, 0.29) is 17.6 Å². The van der Waals surface area contributed by atoms with E-state index in [0.29, 0.717) is 5.75 Å². The number of hydrogen-bond donors (Lipinski definition) is 1. The lowest BCUT2D eigenvalue weighted by Crippen LogP contribution is -2.36. The molecule has 1 aromatic heterocycles. The number of alkyl halides is 3. The Labute approximate surface area is 157 Å². The summed E-state index contributed by atoms with van der Waals surface area (Å²) in [6.45, 7) is -0.422. The van der Waals surface area contributed by atoms with E-state index in [4.69, 9.17) is 4.74 Å². The highest BCUT2D eigenvalue weighted by Crippen LogP contribution is 2.26. The van der Waals surface area contributed by atoms with E-state index < -0.39 is 29.9 Å². The summed E-state index contributed by atoms with van der Waals surface area (Å²) >= 11 is 0. The smallest absolute Gasteiger partial charge is 0.438 e. The van der Waals surface area contributed by atoms with Crippen LogP contribution in [0.15, 0.2) is 53.3 Å². The lowest BCUT2D eigenvalue weighted by molar-refractivity contribution is -0.142. The SMILES string of the molecule is COc1cccc(CNC(=O)Cn2c(=O)c(C(F)(F)F)nc3ccccc32)c1. The van der Waals surface area contributed by atoms with E-state index in [1.165, 1.54) is 25.3 Å². The first-order valence-corrected chi connectivity index (χ1v) is 8.26. The van der Waals surface area contributed by atoms with Gasteiger partial charge in [0, 0.05) is 6.54 Å². The Hall–Kier alpha value is -3.36. The highest BCUT2D eigenvalue weighted by molar-refractivity contribution is 5.80. The first-order chi connectivity index (χ1) is 13.3. The van der Waals surface area contributed by atoms with Gasteiger partial charge < -0.3 is 10.1 Å². The Balaban J connectivity index is 1.87. The number of amides is 1. The van der Waals surface area contributed by atoms with Crippen LogP contribution in [0.3, 0.4) is 0 Å². The van der Waals surface area contributed by atoms with Crippen LogP contribution in [0.25, 0.3) is 11.0 Å². The fraction of sp³-hybridized carbons (Fsp3) is 0.211. The van der Waals surface area contributed by atoms with Crippen molar-refractivity contribution in [1.82, 2.24) is 14.9 Å². The van der Waals surface area contributed by atoms with Gasteiger partial charge in [-0.1, -0.05) is 24.3 Å². The maximum Gasteiger partial charge on any atom is 0.438 e. The summed E-state index contributed by atoms with van der Waals surface area (Å²) in [5.74, 6) is 0.00677. The van der Waals surface area contributed by atoms with Gasteiger partial charge in [0.2, 0.25) is 11.6 Å². The first-order valence-electron chi connectivity index (χ1n) is 8.26. The fourth-order valence-electron chi connectivity index (χ4n) is 2.72. The molecule has 0 radical (unpaired) electrons. The second kappa shape index (κ2) is 7.71. The van der Waals surface area contributed by atoms with Crippen molar-refractivity contribution in [1.29, 1.82) is 0 Å². The molecule has 0 saturated heterocycles. The molecule has 1 N–H and O–H groups in total. The van der Waals surface area contributed by atoms with Gasteiger partial charge in [-0.25, -0.2) is 4.98 Å². The number of rotatable bonds is 5. The predicted molar refractivity (Wildman–Crippen MR) is 95.8 cm³/mol. The predicted octanol–water partition coefficient (Wildman–Crippen LogP) is 2.74. The van der Waals surface area contributed by atoms with Gasteiger partial charge in [0.1, 0.15) is 12.3 Å². The third-order valence-corrected chi connectivity index (χ3v) is 4.05. The normalized spacial score (nSPS) is 11.4. The van der Waals surface area contributed by atoms with Crippen molar-refractivity contribution < 1.29 is 22.7 Å². The van der Waals surface area contributed by atoms with E-state index in [9.17, 15) is 22.8 Å². The number of hydrogen-bond acceptors (Lipinski definition) is 4. The van der Waals surface area contributed by atoms with Gasteiger partial charge in [0.25, 0.3) is 5.56 Å². The first kappa shape index (κ1) is 19.4. The van der Waals surface area contributed by atoms with E-state index >= 15 is 0 Å². The lowest BCUT2D eigenvalue weighted by Gasteiger charge is -2.14. The van der Waals surface area contributed by atoms with Crippen molar-refractivity contribution in [2.24, 2.45) is 0 Å². The molecule has 3 rings (SSSR count). The molecule has 0 saturated carbocycles. The van der Waals surface area contributed by atoms with Crippen LogP contribution in [0.5, 0.6) is 5.75 Å². The number of halogens is 3. The molecular weight excluding hydrogens is 375 g/mol. The molecule has 3 aromatic rings. The minimum atomic E-state index is -4.92. The van der Waals surface area contributed by atoms with E-state index in [2.05, 4.69) is 10.3 Å². The summed E-state index contributed by atoms with van der Waals surface area (Å²) < 4.78 is 45.3. The Bertz CT molecular complexity index is 1080. The topological polar surface area (TPSA) is 73.2 Å². The average molecular weight is 391 g/mol. The van der Waals surface area contributed by atoms with Crippen LogP contribution >= 0.6 is 0 Å². The van der Waals surface area contributed by atoms with E-state index in [1.54, 1.807) is 30.3 Å². The minimum absolute atomic E-state index is 0.0185. The number of ether oxygens (including phenoxy) is 1. The largest absolute Gasteiger partial charge is 0.497 e. The monoisotopic (exact) mass is 391 g/mol. The van der Waals surface area contributed by atoms with Crippen LogP contribution < -0.4 is 15.6 Å². The quantitative estimate of drug-likeness (QED) is 0.726. The zero-order valence-electron chi connectivity index (χ0n) is 14.8. The van der Waals surface area contributed by atoms with Gasteiger partial charge in [0.15, 0.2) is 0 Å². The zero-order valence-corrected chi connectivity index (χ0v) is 14.8. The van der Waals surface area contributed by atoms with Crippen molar-refractivity contribution in [3.05, 3.63) is 70.1 Å². The fourth-order valence-corrected chi connectivity index (χ4v) is 2.72. The molecule has 0 aliphatic rings. The Morgan fingerprint density at radius 3 is 2.64 bits per heavy atom. The summed E-state index contributed by atoms with van der Waals surface area (Å²) in [5, 5.41) is 2.59. The van der Waals surface area contributed by atoms with Gasteiger partial charge in [-0.15, -0.1) is 0 Å². The molecule has 28 heavy (non-hydrogen) atoms. The summed E-state index contributed by atoms with van der Waals surface area (Å²) in [6, 6.07) is 12.8. The number of benzene rings is 2. The number of carbonyl (C=O) groups is 1.